The van der Waals surface area contributed by atoms with Crippen molar-refractivity contribution >= 4 is 27.3 Å². The molecule has 0 unspecified atom stereocenters. The third-order valence-electron chi connectivity index (χ3n) is 3.52. The van der Waals surface area contributed by atoms with Crippen molar-refractivity contribution in [2.75, 3.05) is 0 Å². The lowest BCUT2D eigenvalue weighted by atomic mass is 10.2. The van der Waals surface area contributed by atoms with Crippen LogP contribution in [0.25, 0.3) is 5.69 Å². The van der Waals surface area contributed by atoms with Crippen LogP contribution in [-0.2, 0) is 10.0 Å². The number of aromatic nitrogens is 1. The van der Waals surface area contributed by atoms with Gasteiger partial charge in [-0.25, -0.2) is 13.6 Å². The van der Waals surface area contributed by atoms with E-state index in [4.69, 9.17) is 5.14 Å². The molecule has 3 rings (SSSR count). The van der Waals surface area contributed by atoms with Gasteiger partial charge in [-0.05, 0) is 43.3 Å². The molecule has 0 aliphatic rings. The molecule has 6 nitrogen and oxygen atoms in total. The van der Waals surface area contributed by atoms with Crippen LogP contribution in [0.2, 0.25) is 0 Å². The van der Waals surface area contributed by atoms with E-state index in [0.29, 0.717) is 16.1 Å². The number of amides is 1. The van der Waals surface area contributed by atoms with Crippen LogP contribution in [0.15, 0.2) is 69.9 Å². The molecule has 0 atom stereocenters. The highest BCUT2D eigenvalue weighted by atomic mass is 32.2. The topological polar surface area (TPSA) is 94.5 Å². The number of benzene rings is 2. The van der Waals surface area contributed by atoms with Gasteiger partial charge in [-0.3, -0.25) is 9.36 Å². The summed E-state index contributed by atoms with van der Waals surface area (Å²) >= 11 is 1.34. The molecule has 0 fully saturated rings. The van der Waals surface area contributed by atoms with Gasteiger partial charge in [0.05, 0.1) is 4.90 Å². The molecule has 1 heterocycles. The Morgan fingerprint density at radius 2 is 1.72 bits per heavy atom. The lowest BCUT2D eigenvalue weighted by molar-refractivity contribution is 0.0998. The maximum absolute atomic E-state index is 12.3. The first-order valence-corrected chi connectivity index (χ1v) is 9.73. The number of aryl methyl sites for hydroxylation is 1. The van der Waals surface area contributed by atoms with E-state index in [-0.39, 0.29) is 10.8 Å². The molecule has 1 aromatic heterocycles. The Morgan fingerprint density at radius 1 is 1.08 bits per heavy atom. The Bertz CT molecular complexity index is 1080. The van der Waals surface area contributed by atoms with Gasteiger partial charge in [0.1, 0.15) is 0 Å². The SMILES string of the molecule is Cc1csc(=NC(=O)c2ccccc2)n1-c1ccc(S(N)(=O)=O)cc1. The maximum atomic E-state index is 12.3. The Morgan fingerprint density at radius 3 is 2.32 bits per heavy atom. The third kappa shape index (κ3) is 3.76. The molecule has 0 spiro atoms. The van der Waals surface area contributed by atoms with Crippen LogP contribution >= 0.6 is 11.3 Å². The standard InChI is InChI=1S/C17H15N3O3S2/c1-12-11-24-17(19-16(21)13-5-3-2-4-6-13)20(12)14-7-9-15(10-8-14)25(18,22)23/h2-11H,1H3,(H2,18,22,23). The zero-order chi connectivity index (χ0) is 18.0. The van der Waals surface area contributed by atoms with E-state index in [1.807, 2.05) is 18.4 Å². The van der Waals surface area contributed by atoms with Gasteiger partial charge in [-0.15, -0.1) is 11.3 Å². The molecule has 3 aromatic rings. The van der Waals surface area contributed by atoms with Crippen molar-refractivity contribution in [1.29, 1.82) is 0 Å². The van der Waals surface area contributed by atoms with Crippen LogP contribution in [0, 0.1) is 6.92 Å². The largest absolute Gasteiger partial charge is 0.290 e. The van der Waals surface area contributed by atoms with Gasteiger partial charge in [0.25, 0.3) is 5.91 Å². The zero-order valence-corrected chi connectivity index (χ0v) is 14.9. The fraction of sp³-hybridized carbons (Fsp3) is 0.0588. The fourth-order valence-corrected chi connectivity index (χ4v) is 3.69. The van der Waals surface area contributed by atoms with Crippen LogP contribution < -0.4 is 9.94 Å². The van der Waals surface area contributed by atoms with Gasteiger partial charge in [-0.2, -0.15) is 4.99 Å². The number of nitrogens with zero attached hydrogens (tertiary/aromatic N) is 2. The molecular weight excluding hydrogens is 358 g/mol. The quantitative estimate of drug-likeness (QED) is 0.763. The maximum Gasteiger partial charge on any atom is 0.279 e. The van der Waals surface area contributed by atoms with E-state index in [0.717, 1.165) is 5.69 Å². The highest BCUT2D eigenvalue weighted by Gasteiger charge is 2.10. The molecule has 2 N–H and O–H groups in total. The monoisotopic (exact) mass is 373 g/mol. The molecule has 0 saturated heterocycles. The Kier molecular flexibility index (Phi) is 4.67. The number of primary sulfonamides is 1. The minimum atomic E-state index is -3.75. The number of rotatable bonds is 3. The minimum Gasteiger partial charge on any atom is -0.290 e. The van der Waals surface area contributed by atoms with Crippen molar-refractivity contribution in [1.82, 2.24) is 4.57 Å². The number of hydrogen-bond donors (Lipinski definition) is 1. The second-order valence-electron chi connectivity index (χ2n) is 5.32. The first-order chi connectivity index (χ1) is 11.9. The van der Waals surface area contributed by atoms with Crippen LogP contribution in [0.1, 0.15) is 16.1 Å². The van der Waals surface area contributed by atoms with Gasteiger partial charge < -0.3 is 0 Å². The summed E-state index contributed by atoms with van der Waals surface area (Å²) in [6.07, 6.45) is 0. The third-order valence-corrected chi connectivity index (χ3v) is 5.39. The molecule has 25 heavy (non-hydrogen) atoms. The average Bonchev–Trinajstić information content (AvgIpc) is 2.95. The van der Waals surface area contributed by atoms with E-state index < -0.39 is 10.0 Å². The summed E-state index contributed by atoms with van der Waals surface area (Å²) in [6.45, 7) is 1.89. The van der Waals surface area contributed by atoms with Crippen LogP contribution in [-0.4, -0.2) is 18.9 Å². The Hall–Kier alpha value is -2.55. The van der Waals surface area contributed by atoms with Crippen LogP contribution in [0.3, 0.4) is 0 Å². The smallest absolute Gasteiger partial charge is 0.279 e. The number of hydrogen-bond acceptors (Lipinski definition) is 4. The highest BCUT2D eigenvalue weighted by Crippen LogP contribution is 2.14. The van der Waals surface area contributed by atoms with Crippen molar-refractivity contribution in [3.05, 3.63) is 76.0 Å². The summed E-state index contributed by atoms with van der Waals surface area (Å²) < 4.78 is 24.5. The van der Waals surface area contributed by atoms with E-state index in [9.17, 15) is 13.2 Å². The minimum absolute atomic E-state index is 0.0311. The second-order valence-corrected chi connectivity index (χ2v) is 7.71. The zero-order valence-electron chi connectivity index (χ0n) is 13.3. The van der Waals surface area contributed by atoms with E-state index in [2.05, 4.69) is 4.99 Å². The number of sulfonamides is 1. The summed E-state index contributed by atoms with van der Waals surface area (Å²) in [7, 11) is -3.75. The average molecular weight is 373 g/mol. The normalized spacial score (nSPS) is 12.3. The van der Waals surface area contributed by atoms with Crippen LogP contribution in [0.5, 0.6) is 0 Å². The number of thiazole rings is 1. The molecule has 128 valence electrons. The van der Waals surface area contributed by atoms with E-state index in [1.54, 1.807) is 41.0 Å². The molecule has 0 radical (unpaired) electrons. The molecule has 1 amide bonds. The molecule has 0 bridgehead atoms. The molecule has 0 saturated carbocycles. The van der Waals surface area contributed by atoms with Gasteiger partial charge in [-0.1, -0.05) is 18.2 Å². The van der Waals surface area contributed by atoms with E-state index in [1.165, 1.54) is 23.5 Å². The van der Waals surface area contributed by atoms with Crippen molar-refractivity contribution in [2.45, 2.75) is 11.8 Å². The van der Waals surface area contributed by atoms with Gasteiger partial charge in [0.15, 0.2) is 4.80 Å². The number of carbonyl (C=O) groups excluding carboxylic acids is 1. The summed E-state index contributed by atoms with van der Waals surface area (Å²) in [5, 5.41) is 7.00. The first-order valence-electron chi connectivity index (χ1n) is 7.31. The predicted octanol–water partition coefficient (Wildman–Crippen LogP) is 2.24. The van der Waals surface area contributed by atoms with Crippen LogP contribution in [0.4, 0.5) is 0 Å². The van der Waals surface area contributed by atoms with Gasteiger partial charge in [0, 0.05) is 22.3 Å². The molecule has 0 aliphatic heterocycles. The molecular formula is C17H15N3O3S2. The predicted molar refractivity (Wildman–Crippen MR) is 96.1 cm³/mol. The second kappa shape index (κ2) is 6.75. The lowest BCUT2D eigenvalue weighted by Crippen LogP contribution is -2.17. The molecule has 0 aliphatic carbocycles. The Labute approximate surface area is 149 Å². The highest BCUT2D eigenvalue weighted by molar-refractivity contribution is 7.89. The molecule has 8 heteroatoms. The van der Waals surface area contributed by atoms with Gasteiger partial charge in [0.2, 0.25) is 10.0 Å². The van der Waals surface area contributed by atoms with Crippen molar-refractivity contribution in [3.63, 3.8) is 0 Å². The van der Waals surface area contributed by atoms with Gasteiger partial charge >= 0.3 is 0 Å². The van der Waals surface area contributed by atoms with E-state index >= 15 is 0 Å². The number of carbonyl (C=O) groups is 1. The van der Waals surface area contributed by atoms with Crippen molar-refractivity contribution in [2.24, 2.45) is 10.1 Å². The fourth-order valence-electron chi connectivity index (χ4n) is 2.30. The first kappa shape index (κ1) is 17.3. The summed E-state index contributed by atoms with van der Waals surface area (Å²) in [4.78, 5) is 17.1. The summed E-state index contributed by atoms with van der Waals surface area (Å²) in [5.41, 5.74) is 2.09. The summed E-state index contributed by atoms with van der Waals surface area (Å²) in [6, 6.07) is 14.9. The van der Waals surface area contributed by atoms with Crippen molar-refractivity contribution in [3.8, 4) is 5.69 Å². The summed E-state index contributed by atoms with van der Waals surface area (Å²) in [5.74, 6) is -0.336. The molecule has 2 aromatic carbocycles. The number of nitrogens with two attached hydrogens (primary N) is 1. The lowest BCUT2D eigenvalue weighted by Gasteiger charge is -2.07. The Balaban J connectivity index is 2.06. The van der Waals surface area contributed by atoms with Crippen molar-refractivity contribution < 1.29 is 13.2 Å².